The van der Waals surface area contributed by atoms with E-state index in [1.807, 2.05) is 19.9 Å². The third kappa shape index (κ3) is 3.12. The molecule has 0 fully saturated rings. The first-order valence-corrected chi connectivity index (χ1v) is 7.65. The highest BCUT2D eigenvalue weighted by atomic mass is 32.1. The molecule has 2 heterocycles. The van der Waals surface area contributed by atoms with Crippen LogP contribution in [-0.4, -0.2) is 32.7 Å². The predicted molar refractivity (Wildman–Crippen MR) is 84.0 cm³/mol. The third-order valence-electron chi connectivity index (χ3n) is 2.98. The minimum Gasteiger partial charge on any atom is -0.374 e. The summed E-state index contributed by atoms with van der Waals surface area (Å²) in [5.74, 6) is 0.588. The lowest BCUT2D eigenvalue weighted by atomic mass is 10.2. The summed E-state index contributed by atoms with van der Waals surface area (Å²) in [7, 11) is 0. The highest BCUT2D eigenvalue weighted by Crippen LogP contribution is 2.18. The minimum absolute atomic E-state index is 0.228. The van der Waals surface area contributed by atoms with E-state index in [0.29, 0.717) is 23.9 Å². The number of aromatic amines is 1. The molecule has 2 aromatic heterocycles. The van der Waals surface area contributed by atoms with Gasteiger partial charge in [0.15, 0.2) is 0 Å². The molecule has 0 aliphatic carbocycles. The van der Waals surface area contributed by atoms with Gasteiger partial charge in [0.2, 0.25) is 5.13 Å². The average molecular weight is 317 g/mol. The number of rotatable bonds is 5. The minimum atomic E-state index is -0.228. The van der Waals surface area contributed by atoms with Crippen molar-refractivity contribution in [1.82, 2.24) is 20.2 Å². The van der Waals surface area contributed by atoms with Crippen molar-refractivity contribution in [2.24, 2.45) is 0 Å². The second-order valence-electron chi connectivity index (χ2n) is 4.65. The molecule has 1 aromatic carbocycles. The average Bonchev–Trinajstić information content (AvgIpc) is 3.09. The Balaban J connectivity index is 1.73. The zero-order valence-electron chi connectivity index (χ0n) is 12.2. The number of hydrogen-bond acceptors (Lipinski definition) is 6. The molecule has 0 radical (unpaired) electrons. The Morgan fingerprint density at radius 2 is 2.27 bits per heavy atom. The molecule has 0 saturated carbocycles. The van der Waals surface area contributed by atoms with Crippen molar-refractivity contribution in [2.75, 3.05) is 11.9 Å². The van der Waals surface area contributed by atoms with Crippen LogP contribution >= 0.6 is 11.3 Å². The quantitative estimate of drug-likeness (QED) is 0.754. The third-order valence-corrected chi connectivity index (χ3v) is 3.79. The first-order chi connectivity index (χ1) is 10.7. The van der Waals surface area contributed by atoms with E-state index >= 15 is 0 Å². The number of aromatic nitrogens is 4. The molecule has 3 rings (SSSR count). The van der Waals surface area contributed by atoms with E-state index in [1.54, 1.807) is 12.1 Å². The molecule has 0 unspecified atom stereocenters. The van der Waals surface area contributed by atoms with Crippen LogP contribution in [0.5, 0.6) is 0 Å². The van der Waals surface area contributed by atoms with Gasteiger partial charge in [-0.1, -0.05) is 11.3 Å². The molecular formula is C14H15N5O2S. The van der Waals surface area contributed by atoms with E-state index in [-0.39, 0.29) is 5.91 Å². The number of aryl methyl sites for hydroxylation is 1. The second-order valence-corrected chi connectivity index (χ2v) is 5.71. The van der Waals surface area contributed by atoms with Crippen LogP contribution in [0.4, 0.5) is 5.13 Å². The zero-order chi connectivity index (χ0) is 15.5. The van der Waals surface area contributed by atoms with Crippen molar-refractivity contribution in [3.8, 4) is 0 Å². The second kappa shape index (κ2) is 6.20. The lowest BCUT2D eigenvalue weighted by molar-refractivity contribution is 0.102. The SMILES string of the molecule is CCOCc1nnc(NC(=O)c2ccc3nc(C)[nH]c3c2)s1. The lowest BCUT2D eigenvalue weighted by Gasteiger charge is -2.00. The van der Waals surface area contributed by atoms with Crippen molar-refractivity contribution >= 4 is 33.4 Å². The van der Waals surface area contributed by atoms with Gasteiger partial charge in [-0.15, -0.1) is 10.2 Å². The molecular weight excluding hydrogens is 302 g/mol. The van der Waals surface area contributed by atoms with Gasteiger partial charge in [-0.3, -0.25) is 10.1 Å². The largest absolute Gasteiger partial charge is 0.374 e. The van der Waals surface area contributed by atoms with Crippen molar-refractivity contribution in [2.45, 2.75) is 20.5 Å². The molecule has 3 aromatic rings. The van der Waals surface area contributed by atoms with E-state index < -0.39 is 0 Å². The molecule has 0 aliphatic heterocycles. The Labute approximate surface area is 130 Å². The number of ether oxygens (including phenoxy) is 1. The first-order valence-electron chi connectivity index (χ1n) is 6.83. The Morgan fingerprint density at radius 3 is 3.09 bits per heavy atom. The molecule has 0 saturated heterocycles. The standard InChI is InChI=1S/C14H15N5O2S/c1-3-21-7-12-18-19-14(22-12)17-13(20)9-4-5-10-11(6-9)16-8(2)15-10/h4-6H,3,7H2,1-2H3,(H,15,16)(H,17,19,20). The number of carbonyl (C=O) groups excluding carboxylic acids is 1. The van der Waals surface area contributed by atoms with Gasteiger partial charge in [0.05, 0.1) is 11.0 Å². The van der Waals surface area contributed by atoms with E-state index in [2.05, 4.69) is 25.5 Å². The van der Waals surface area contributed by atoms with Crippen molar-refractivity contribution in [1.29, 1.82) is 0 Å². The molecule has 0 aliphatic rings. The Morgan fingerprint density at radius 1 is 1.41 bits per heavy atom. The fourth-order valence-corrected chi connectivity index (χ4v) is 2.67. The van der Waals surface area contributed by atoms with E-state index in [9.17, 15) is 4.79 Å². The van der Waals surface area contributed by atoms with E-state index in [4.69, 9.17) is 4.74 Å². The van der Waals surface area contributed by atoms with Gasteiger partial charge >= 0.3 is 0 Å². The molecule has 0 atom stereocenters. The maximum atomic E-state index is 12.3. The normalized spacial score (nSPS) is 11.0. The molecule has 0 spiro atoms. The van der Waals surface area contributed by atoms with Crippen molar-refractivity contribution in [3.05, 3.63) is 34.6 Å². The smallest absolute Gasteiger partial charge is 0.257 e. The zero-order valence-corrected chi connectivity index (χ0v) is 13.0. The number of imidazole rings is 1. The Kier molecular flexibility index (Phi) is 4.12. The number of nitrogens with zero attached hydrogens (tertiary/aromatic N) is 3. The summed E-state index contributed by atoms with van der Waals surface area (Å²) in [6, 6.07) is 5.32. The van der Waals surface area contributed by atoms with Crippen LogP contribution in [0, 0.1) is 6.92 Å². The molecule has 2 N–H and O–H groups in total. The summed E-state index contributed by atoms with van der Waals surface area (Å²) in [5.41, 5.74) is 2.21. The van der Waals surface area contributed by atoms with Crippen molar-refractivity contribution < 1.29 is 9.53 Å². The summed E-state index contributed by atoms with van der Waals surface area (Å²) in [5, 5.41) is 11.8. The van der Waals surface area contributed by atoms with Gasteiger partial charge in [0.25, 0.3) is 5.91 Å². The topological polar surface area (TPSA) is 92.8 Å². The number of H-pyrrole nitrogens is 1. The molecule has 114 valence electrons. The van der Waals surface area contributed by atoms with Crippen LogP contribution < -0.4 is 5.32 Å². The predicted octanol–water partition coefficient (Wildman–Crippen LogP) is 2.51. The molecule has 1 amide bonds. The highest BCUT2D eigenvalue weighted by molar-refractivity contribution is 7.15. The van der Waals surface area contributed by atoms with Crippen LogP contribution in [-0.2, 0) is 11.3 Å². The van der Waals surface area contributed by atoms with E-state index in [1.165, 1.54) is 11.3 Å². The number of amides is 1. The molecule has 7 nitrogen and oxygen atoms in total. The van der Waals surface area contributed by atoms with Crippen LogP contribution in [0.2, 0.25) is 0 Å². The number of nitrogens with one attached hydrogen (secondary N) is 2. The number of benzene rings is 1. The van der Waals surface area contributed by atoms with Gasteiger partial charge < -0.3 is 9.72 Å². The van der Waals surface area contributed by atoms with Gasteiger partial charge in [-0.2, -0.15) is 0 Å². The number of anilines is 1. The lowest BCUT2D eigenvalue weighted by Crippen LogP contribution is -2.11. The van der Waals surface area contributed by atoms with E-state index in [0.717, 1.165) is 21.9 Å². The fourth-order valence-electron chi connectivity index (χ4n) is 2.00. The van der Waals surface area contributed by atoms with Gasteiger partial charge in [0, 0.05) is 12.2 Å². The van der Waals surface area contributed by atoms with Crippen molar-refractivity contribution in [3.63, 3.8) is 0 Å². The summed E-state index contributed by atoms with van der Waals surface area (Å²) >= 11 is 1.30. The summed E-state index contributed by atoms with van der Waals surface area (Å²) in [6.45, 7) is 4.81. The molecule has 8 heteroatoms. The Hall–Kier alpha value is -2.32. The van der Waals surface area contributed by atoms with Gasteiger partial charge in [-0.25, -0.2) is 4.98 Å². The van der Waals surface area contributed by atoms with Crippen LogP contribution in [0.15, 0.2) is 18.2 Å². The van der Waals surface area contributed by atoms with Gasteiger partial charge in [-0.05, 0) is 32.0 Å². The number of hydrogen-bond donors (Lipinski definition) is 2. The van der Waals surface area contributed by atoms with Crippen LogP contribution in [0.1, 0.15) is 28.1 Å². The maximum absolute atomic E-state index is 12.3. The number of fused-ring (bicyclic) bond motifs is 1. The van der Waals surface area contributed by atoms with Crippen LogP contribution in [0.25, 0.3) is 11.0 Å². The van der Waals surface area contributed by atoms with Gasteiger partial charge in [0.1, 0.15) is 17.4 Å². The molecule has 22 heavy (non-hydrogen) atoms. The van der Waals surface area contributed by atoms with Crippen LogP contribution in [0.3, 0.4) is 0 Å². The summed E-state index contributed by atoms with van der Waals surface area (Å²) in [4.78, 5) is 19.7. The molecule has 0 bridgehead atoms. The number of carbonyl (C=O) groups is 1. The summed E-state index contributed by atoms with van der Waals surface area (Å²) < 4.78 is 5.26. The summed E-state index contributed by atoms with van der Waals surface area (Å²) in [6.07, 6.45) is 0. The Bertz CT molecular complexity index is 811. The fraction of sp³-hybridized carbons (Fsp3) is 0.286. The first kappa shape index (κ1) is 14.6. The monoisotopic (exact) mass is 317 g/mol. The maximum Gasteiger partial charge on any atom is 0.257 e. The highest BCUT2D eigenvalue weighted by Gasteiger charge is 2.11.